The van der Waals surface area contributed by atoms with E-state index >= 15 is 0 Å². The molecular weight excluding hydrogens is 450 g/mol. The van der Waals surface area contributed by atoms with Gasteiger partial charge in [-0.1, -0.05) is 26.0 Å². The van der Waals surface area contributed by atoms with Gasteiger partial charge in [-0.3, -0.25) is 9.52 Å². The SMILES string of the molecule is CCS(=O)(=O)Nc1ccc(Oc2cccc(CC(C)C)c2)c(-c2cn(C)c(=O)c3[nH]ccc23)c1. The molecule has 8 heteroatoms. The second-order valence-corrected chi connectivity index (χ2v) is 10.8. The molecule has 2 aromatic carbocycles. The summed E-state index contributed by atoms with van der Waals surface area (Å²) in [7, 11) is -1.77. The second-order valence-electron chi connectivity index (χ2n) is 8.79. The molecule has 0 saturated heterocycles. The zero-order valence-corrected chi connectivity index (χ0v) is 20.6. The quantitative estimate of drug-likeness (QED) is 0.359. The molecule has 0 bridgehead atoms. The summed E-state index contributed by atoms with van der Waals surface area (Å²) in [4.78, 5) is 15.6. The molecule has 0 aliphatic heterocycles. The lowest BCUT2D eigenvalue weighted by molar-refractivity contribution is 0.483. The van der Waals surface area contributed by atoms with Crippen LogP contribution >= 0.6 is 0 Å². The number of nitrogens with one attached hydrogen (secondary N) is 2. The number of benzene rings is 2. The maximum Gasteiger partial charge on any atom is 0.274 e. The van der Waals surface area contributed by atoms with Gasteiger partial charge in [-0.15, -0.1) is 0 Å². The van der Waals surface area contributed by atoms with Crippen LogP contribution in [0.15, 0.2) is 65.7 Å². The minimum absolute atomic E-state index is 0.0366. The average molecular weight is 480 g/mol. The van der Waals surface area contributed by atoms with Gasteiger partial charge in [-0.25, -0.2) is 8.42 Å². The first-order chi connectivity index (χ1) is 16.2. The Kier molecular flexibility index (Phi) is 6.52. The fraction of sp³-hybridized carbons (Fsp3) is 0.269. The Hall–Kier alpha value is -3.52. The van der Waals surface area contributed by atoms with Gasteiger partial charge >= 0.3 is 0 Å². The van der Waals surface area contributed by atoms with Crippen molar-refractivity contribution in [2.75, 3.05) is 10.5 Å². The average Bonchev–Trinajstić information content (AvgIpc) is 3.27. The topological polar surface area (TPSA) is 93.2 Å². The van der Waals surface area contributed by atoms with E-state index in [1.807, 2.05) is 24.3 Å². The first kappa shape index (κ1) is 23.6. The molecule has 2 heterocycles. The first-order valence-corrected chi connectivity index (χ1v) is 12.9. The molecule has 4 aromatic rings. The van der Waals surface area contributed by atoms with Crippen LogP contribution in [0.2, 0.25) is 0 Å². The Morgan fingerprint density at radius 2 is 1.88 bits per heavy atom. The van der Waals surface area contributed by atoms with Crippen LogP contribution in [0.1, 0.15) is 26.3 Å². The molecule has 34 heavy (non-hydrogen) atoms. The molecule has 0 unspecified atom stereocenters. The van der Waals surface area contributed by atoms with Crippen molar-refractivity contribution in [1.29, 1.82) is 0 Å². The minimum Gasteiger partial charge on any atom is -0.457 e. The third-order valence-corrected chi connectivity index (χ3v) is 6.89. The number of aromatic nitrogens is 2. The van der Waals surface area contributed by atoms with Crippen molar-refractivity contribution < 1.29 is 13.2 Å². The number of rotatable bonds is 8. The molecule has 4 rings (SSSR count). The van der Waals surface area contributed by atoms with Gasteiger partial charge in [0.15, 0.2) is 0 Å². The molecule has 0 atom stereocenters. The van der Waals surface area contributed by atoms with Crippen molar-refractivity contribution in [3.05, 3.63) is 76.8 Å². The Morgan fingerprint density at radius 3 is 2.62 bits per heavy atom. The molecule has 2 N–H and O–H groups in total. The molecule has 0 spiro atoms. The van der Waals surface area contributed by atoms with E-state index in [0.29, 0.717) is 34.2 Å². The van der Waals surface area contributed by atoms with Crippen molar-refractivity contribution in [3.8, 4) is 22.6 Å². The van der Waals surface area contributed by atoms with Crippen molar-refractivity contribution in [1.82, 2.24) is 9.55 Å². The molecule has 0 aliphatic rings. The maximum atomic E-state index is 12.6. The lowest BCUT2D eigenvalue weighted by Gasteiger charge is -2.16. The highest BCUT2D eigenvalue weighted by Gasteiger charge is 2.17. The van der Waals surface area contributed by atoms with Gasteiger partial charge in [0.25, 0.3) is 5.56 Å². The summed E-state index contributed by atoms with van der Waals surface area (Å²) >= 11 is 0. The molecule has 0 amide bonds. The van der Waals surface area contributed by atoms with Gasteiger partial charge in [0.2, 0.25) is 10.0 Å². The fourth-order valence-corrected chi connectivity index (χ4v) is 4.59. The number of nitrogens with zero attached hydrogens (tertiary/aromatic N) is 1. The predicted octanol–water partition coefficient (Wildman–Crippen LogP) is 5.29. The fourth-order valence-electron chi connectivity index (χ4n) is 3.96. The number of anilines is 1. The van der Waals surface area contributed by atoms with E-state index in [1.165, 1.54) is 10.1 Å². The van der Waals surface area contributed by atoms with Crippen molar-refractivity contribution >= 4 is 26.6 Å². The number of hydrogen-bond donors (Lipinski definition) is 2. The summed E-state index contributed by atoms with van der Waals surface area (Å²) in [6, 6.07) is 15.0. The van der Waals surface area contributed by atoms with Crippen LogP contribution in [-0.4, -0.2) is 23.7 Å². The number of pyridine rings is 1. The largest absolute Gasteiger partial charge is 0.457 e. The van der Waals surface area contributed by atoms with Gasteiger partial charge < -0.3 is 14.3 Å². The van der Waals surface area contributed by atoms with E-state index < -0.39 is 10.0 Å². The van der Waals surface area contributed by atoms with Crippen LogP contribution in [0.5, 0.6) is 11.5 Å². The van der Waals surface area contributed by atoms with Gasteiger partial charge in [-0.05, 0) is 61.2 Å². The summed E-state index contributed by atoms with van der Waals surface area (Å²) < 4.78 is 34.8. The highest BCUT2D eigenvalue weighted by molar-refractivity contribution is 7.92. The van der Waals surface area contributed by atoms with Crippen LogP contribution in [0.4, 0.5) is 5.69 Å². The summed E-state index contributed by atoms with van der Waals surface area (Å²) in [6.07, 6.45) is 4.40. The number of H-pyrrole nitrogens is 1. The third-order valence-electron chi connectivity index (χ3n) is 5.59. The van der Waals surface area contributed by atoms with Crippen molar-refractivity contribution in [3.63, 3.8) is 0 Å². The monoisotopic (exact) mass is 479 g/mol. The molecule has 2 aromatic heterocycles. The van der Waals surface area contributed by atoms with Crippen LogP contribution in [0.3, 0.4) is 0 Å². The number of hydrogen-bond acceptors (Lipinski definition) is 4. The van der Waals surface area contributed by atoms with Crippen LogP contribution in [0, 0.1) is 5.92 Å². The Balaban J connectivity index is 1.86. The van der Waals surface area contributed by atoms with Crippen LogP contribution in [-0.2, 0) is 23.5 Å². The van der Waals surface area contributed by atoms with E-state index in [2.05, 4.69) is 29.6 Å². The lowest BCUT2D eigenvalue weighted by Crippen LogP contribution is -2.17. The number of ether oxygens (including phenoxy) is 1. The van der Waals surface area contributed by atoms with Crippen molar-refractivity contribution in [2.24, 2.45) is 13.0 Å². The number of fused-ring (bicyclic) bond motifs is 1. The van der Waals surface area contributed by atoms with E-state index in [1.54, 1.807) is 44.6 Å². The van der Waals surface area contributed by atoms with Gasteiger partial charge in [0.05, 0.1) is 5.75 Å². The molecule has 0 saturated carbocycles. The number of aromatic amines is 1. The smallest absolute Gasteiger partial charge is 0.274 e. The Labute approximate surface area is 199 Å². The minimum atomic E-state index is -3.46. The van der Waals surface area contributed by atoms with E-state index in [0.717, 1.165) is 17.4 Å². The molecule has 178 valence electrons. The lowest BCUT2D eigenvalue weighted by atomic mass is 10.0. The van der Waals surface area contributed by atoms with Crippen LogP contribution in [0.25, 0.3) is 22.0 Å². The van der Waals surface area contributed by atoms with Gasteiger partial charge in [0, 0.05) is 41.6 Å². The van der Waals surface area contributed by atoms with E-state index in [-0.39, 0.29) is 11.3 Å². The van der Waals surface area contributed by atoms with Gasteiger partial charge in [0.1, 0.15) is 17.0 Å². The summed E-state index contributed by atoms with van der Waals surface area (Å²) in [5.41, 5.74) is 3.36. The standard InChI is InChI=1S/C26H29N3O4S/c1-5-34(31,32)28-19-9-10-24(33-20-8-6-7-18(14-20)13-17(2)3)22(15-19)23-16-29(4)26(30)25-21(23)11-12-27-25/h6-12,14-17,27-28H,5,13H2,1-4H3. The van der Waals surface area contributed by atoms with E-state index in [4.69, 9.17) is 4.74 Å². The highest BCUT2D eigenvalue weighted by atomic mass is 32.2. The Morgan fingerprint density at radius 1 is 1.09 bits per heavy atom. The summed E-state index contributed by atoms with van der Waals surface area (Å²) in [6.45, 7) is 5.92. The number of aryl methyl sites for hydroxylation is 1. The Bertz CT molecular complexity index is 1500. The highest BCUT2D eigenvalue weighted by Crippen LogP contribution is 2.38. The summed E-state index contributed by atoms with van der Waals surface area (Å²) in [5, 5.41) is 0.733. The predicted molar refractivity (Wildman–Crippen MR) is 137 cm³/mol. The molecule has 7 nitrogen and oxygen atoms in total. The third kappa shape index (κ3) is 5.02. The number of sulfonamides is 1. The zero-order valence-electron chi connectivity index (χ0n) is 19.8. The summed E-state index contributed by atoms with van der Waals surface area (Å²) in [5.74, 6) is 1.73. The normalized spacial score (nSPS) is 11.8. The van der Waals surface area contributed by atoms with Gasteiger partial charge in [-0.2, -0.15) is 0 Å². The molecule has 0 aliphatic carbocycles. The second kappa shape index (κ2) is 9.38. The first-order valence-electron chi connectivity index (χ1n) is 11.2. The van der Waals surface area contributed by atoms with Crippen LogP contribution < -0.4 is 15.0 Å². The molecule has 0 fully saturated rings. The van der Waals surface area contributed by atoms with E-state index in [9.17, 15) is 13.2 Å². The maximum absolute atomic E-state index is 12.6. The molecule has 0 radical (unpaired) electrons. The zero-order chi connectivity index (χ0) is 24.5. The molecular formula is C26H29N3O4S. The van der Waals surface area contributed by atoms with Crippen molar-refractivity contribution in [2.45, 2.75) is 27.2 Å².